The molecule has 0 N–H and O–H groups in total. The second-order valence-corrected chi connectivity index (χ2v) is 5.95. The number of esters is 1. The maximum atomic E-state index is 11.7. The Hall–Kier alpha value is -1.55. The van der Waals surface area contributed by atoms with Crippen molar-refractivity contribution in [2.45, 2.75) is 45.6 Å². The van der Waals surface area contributed by atoms with E-state index in [1.165, 1.54) is 6.92 Å². The third-order valence-corrected chi connectivity index (χ3v) is 4.23. The van der Waals surface area contributed by atoms with Crippen LogP contribution < -0.4 is 4.74 Å². The van der Waals surface area contributed by atoms with Crippen LogP contribution in [0.4, 0.5) is 0 Å². The Bertz CT molecular complexity index is 548. The molecule has 0 heterocycles. The van der Waals surface area contributed by atoms with Crippen molar-refractivity contribution in [1.29, 1.82) is 0 Å². The van der Waals surface area contributed by atoms with E-state index in [1.54, 1.807) is 18.2 Å². The highest BCUT2D eigenvalue weighted by Crippen LogP contribution is 2.30. The summed E-state index contributed by atoms with van der Waals surface area (Å²) in [5, 5.41) is 0.408. The van der Waals surface area contributed by atoms with Crippen LogP contribution >= 0.6 is 11.6 Å². The maximum absolute atomic E-state index is 11.7. The predicted octanol–water partition coefficient (Wildman–Crippen LogP) is 4.04. The molecule has 0 aromatic heterocycles. The number of rotatable bonds is 5. The van der Waals surface area contributed by atoms with Gasteiger partial charge in [-0.3, -0.25) is 9.59 Å². The Labute approximate surface area is 135 Å². The van der Waals surface area contributed by atoms with Crippen molar-refractivity contribution < 1.29 is 19.1 Å². The zero-order valence-electron chi connectivity index (χ0n) is 12.9. The van der Waals surface area contributed by atoms with Crippen LogP contribution in [0.25, 0.3) is 0 Å². The van der Waals surface area contributed by atoms with E-state index in [2.05, 4.69) is 0 Å². The summed E-state index contributed by atoms with van der Waals surface area (Å²) in [6.07, 6.45) is 3.27. The molecule has 0 unspecified atom stereocenters. The van der Waals surface area contributed by atoms with Gasteiger partial charge in [0.1, 0.15) is 5.75 Å². The van der Waals surface area contributed by atoms with E-state index in [1.807, 2.05) is 6.92 Å². The fraction of sp³-hybridized carbons (Fsp3) is 0.529. The number of carbonyl (C=O) groups is 2. The lowest BCUT2D eigenvalue weighted by Crippen LogP contribution is -2.29. The van der Waals surface area contributed by atoms with Crippen molar-refractivity contribution in [2.24, 2.45) is 5.92 Å². The average molecular weight is 325 g/mol. The summed E-state index contributed by atoms with van der Waals surface area (Å²) >= 11 is 6.08. The largest absolute Gasteiger partial charge is 0.490 e. The topological polar surface area (TPSA) is 52.6 Å². The van der Waals surface area contributed by atoms with E-state index < -0.39 is 0 Å². The molecular formula is C17H21ClO4. The third-order valence-electron chi connectivity index (χ3n) is 3.92. The van der Waals surface area contributed by atoms with Crippen LogP contribution in [-0.4, -0.2) is 24.5 Å². The first-order chi connectivity index (χ1) is 10.5. The molecule has 1 aromatic rings. The summed E-state index contributed by atoms with van der Waals surface area (Å²) in [5.74, 6) is 0.486. The Balaban J connectivity index is 1.90. The van der Waals surface area contributed by atoms with Gasteiger partial charge in [0.05, 0.1) is 23.7 Å². The van der Waals surface area contributed by atoms with Crippen LogP contribution in [0.1, 0.15) is 49.9 Å². The Morgan fingerprint density at radius 3 is 2.45 bits per heavy atom. The summed E-state index contributed by atoms with van der Waals surface area (Å²) in [6.45, 7) is 3.73. The van der Waals surface area contributed by atoms with Gasteiger partial charge in [-0.1, -0.05) is 11.6 Å². The van der Waals surface area contributed by atoms with Gasteiger partial charge in [0.25, 0.3) is 0 Å². The minimum absolute atomic E-state index is 0.0107. The van der Waals surface area contributed by atoms with Crippen molar-refractivity contribution in [3.8, 4) is 5.75 Å². The fourth-order valence-corrected chi connectivity index (χ4v) is 3.03. The van der Waals surface area contributed by atoms with Gasteiger partial charge in [0.2, 0.25) is 0 Å². The van der Waals surface area contributed by atoms with Gasteiger partial charge in [-0.15, -0.1) is 0 Å². The first kappa shape index (κ1) is 16.8. The number of Topliss-reactive ketones (excluding diaryl/α,β-unsaturated/α-hetero) is 1. The first-order valence-electron chi connectivity index (χ1n) is 7.65. The lowest BCUT2D eigenvalue weighted by molar-refractivity contribution is -0.149. The summed E-state index contributed by atoms with van der Waals surface area (Å²) in [6, 6.07) is 5.13. The summed E-state index contributed by atoms with van der Waals surface area (Å²) in [5.41, 5.74) is 0.500. The number of benzene rings is 1. The van der Waals surface area contributed by atoms with Crippen molar-refractivity contribution in [2.75, 3.05) is 6.61 Å². The van der Waals surface area contributed by atoms with E-state index in [9.17, 15) is 9.59 Å². The Morgan fingerprint density at radius 1 is 1.23 bits per heavy atom. The molecule has 0 amide bonds. The third kappa shape index (κ3) is 4.23. The molecule has 0 atom stereocenters. The second kappa shape index (κ2) is 7.63. The summed E-state index contributed by atoms with van der Waals surface area (Å²) in [7, 11) is 0. The lowest BCUT2D eigenvalue weighted by Gasteiger charge is -2.27. The van der Waals surface area contributed by atoms with Crippen LogP contribution in [0.15, 0.2) is 18.2 Å². The quantitative estimate of drug-likeness (QED) is 0.606. The van der Waals surface area contributed by atoms with E-state index in [-0.39, 0.29) is 23.8 Å². The van der Waals surface area contributed by atoms with Gasteiger partial charge < -0.3 is 9.47 Å². The average Bonchev–Trinajstić information content (AvgIpc) is 2.48. The predicted molar refractivity (Wildman–Crippen MR) is 84.5 cm³/mol. The van der Waals surface area contributed by atoms with E-state index in [4.69, 9.17) is 21.1 Å². The molecule has 1 saturated carbocycles. The Kier molecular flexibility index (Phi) is 5.83. The van der Waals surface area contributed by atoms with Crippen molar-refractivity contribution >= 4 is 23.4 Å². The highest BCUT2D eigenvalue weighted by molar-refractivity contribution is 6.34. The zero-order valence-corrected chi connectivity index (χ0v) is 13.7. The standard InChI is InChI=1S/C17H21ClO4/c1-3-21-17(20)12-4-6-13(7-5-12)22-14-8-9-15(11(2)19)16(18)10-14/h8-10,12-13H,3-7H2,1-2H3/t12-,13+. The summed E-state index contributed by atoms with van der Waals surface area (Å²) < 4.78 is 11.0. The molecular weight excluding hydrogens is 304 g/mol. The maximum Gasteiger partial charge on any atom is 0.308 e. The fourth-order valence-electron chi connectivity index (χ4n) is 2.72. The van der Waals surface area contributed by atoms with E-state index >= 15 is 0 Å². The van der Waals surface area contributed by atoms with E-state index in [0.717, 1.165) is 25.7 Å². The van der Waals surface area contributed by atoms with Crippen molar-refractivity contribution in [3.05, 3.63) is 28.8 Å². The molecule has 0 bridgehead atoms. The zero-order chi connectivity index (χ0) is 16.1. The molecule has 1 aromatic carbocycles. The van der Waals surface area contributed by atoms with Crippen LogP contribution in [0.2, 0.25) is 5.02 Å². The highest BCUT2D eigenvalue weighted by Gasteiger charge is 2.28. The highest BCUT2D eigenvalue weighted by atomic mass is 35.5. The molecule has 1 aliphatic carbocycles. The monoisotopic (exact) mass is 324 g/mol. The Morgan fingerprint density at radius 2 is 1.91 bits per heavy atom. The number of ether oxygens (including phenoxy) is 2. The molecule has 0 radical (unpaired) electrons. The van der Waals surface area contributed by atoms with Gasteiger partial charge in [-0.2, -0.15) is 0 Å². The molecule has 2 rings (SSSR count). The number of carbonyl (C=O) groups excluding carboxylic acids is 2. The van der Waals surface area contributed by atoms with Crippen LogP contribution in [0.3, 0.4) is 0 Å². The first-order valence-corrected chi connectivity index (χ1v) is 8.02. The number of ketones is 1. The van der Waals surface area contributed by atoms with Crippen molar-refractivity contribution in [1.82, 2.24) is 0 Å². The second-order valence-electron chi connectivity index (χ2n) is 5.54. The smallest absolute Gasteiger partial charge is 0.308 e. The molecule has 120 valence electrons. The molecule has 0 saturated heterocycles. The molecule has 4 nitrogen and oxygen atoms in total. The van der Waals surface area contributed by atoms with Gasteiger partial charge in [-0.05, 0) is 57.7 Å². The van der Waals surface area contributed by atoms with E-state index in [0.29, 0.717) is 22.9 Å². The number of hydrogen-bond donors (Lipinski definition) is 0. The molecule has 0 spiro atoms. The van der Waals surface area contributed by atoms with Crippen LogP contribution in [-0.2, 0) is 9.53 Å². The molecule has 1 aliphatic rings. The molecule has 5 heteroatoms. The minimum Gasteiger partial charge on any atom is -0.490 e. The normalized spacial score (nSPS) is 21.2. The SMILES string of the molecule is CCOC(=O)[C@H]1CC[C@@H](Oc2ccc(C(C)=O)c(Cl)c2)CC1. The molecule has 22 heavy (non-hydrogen) atoms. The van der Waals surface area contributed by atoms with Crippen LogP contribution in [0, 0.1) is 5.92 Å². The number of halogens is 1. The van der Waals surface area contributed by atoms with Gasteiger partial charge in [0, 0.05) is 5.56 Å². The minimum atomic E-state index is -0.102. The van der Waals surface area contributed by atoms with Gasteiger partial charge in [-0.25, -0.2) is 0 Å². The van der Waals surface area contributed by atoms with Crippen LogP contribution in [0.5, 0.6) is 5.75 Å². The summed E-state index contributed by atoms with van der Waals surface area (Å²) in [4.78, 5) is 23.0. The molecule has 0 aliphatic heterocycles. The lowest BCUT2D eigenvalue weighted by atomic mass is 9.87. The van der Waals surface area contributed by atoms with Crippen molar-refractivity contribution in [3.63, 3.8) is 0 Å². The van der Waals surface area contributed by atoms with Gasteiger partial charge >= 0.3 is 5.97 Å². The number of hydrogen-bond acceptors (Lipinski definition) is 4. The molecule has 1 fully saturated rings. The van der Waals surface area contributed by atoms with Gasteiger partial charge in [0.15, 0.2) is 5.78 Å².